The maximum atomic E-state index is 12.8. The third kappa shape index (κ3) is 3.36. The smallest absolute Gasteiger partial charge is 0.264 e. The number of carbonyl (C=O) groups is 1. The van der Waals surface area contributed by atoms with Crippen molar-refractivity contribution in [1.82, 2.24) is 14.9 Å². The van der Waals surface area contributed by atoms with E-state index < -0.39 is 0 Å². The van der Waals surface area contributed by atoms with E-state index in [0.29, 0.717) is 6.54 Å². The molecule has 0 aliphatic carbocycles. The Hall–Kier alpha value is -2.51. The Bertz CT molecular complexity index is 1130. The lowest BCUT2D eigenvalue weighted by Crippen LogP contribution is -2.32. The van der Waals surface area contributed by atoms with Gasteiger partial charge >= 0.3 is 0 Å². The highest BCUT2D eigenvalue weighted by Gasteiger charge is 2.23. The van der Waals surface area contributed by atoms with Crippen LogP contribution in [0.1, 0.15) is 34.0 Å². The molecule has 5 nitrogen and oxygen atoms in total. The quantitative estimate of drug-likeness (QED) is 0.485. The van der Waals surface area contributed by atoms with Crippen molar-refractivity contribution in [3.05, 3.63) is 52.0 Å². The number of nitrogens with one attached hydrogen (secondary N) is 1. The molecule has 0 saturated carbocycles. The molecule has 0 aliphatic heterocycles. The van der Waals surface area contributed by atoms with Crippen LogP contribution in [0, 0.1) is 6.92 Å². The zero-order chi connectivity index (χ0) is 19.8. The van der Waals surface area contributed by atoms with Crippen LogP contribution in [0.3, 0.4) is 0 Å². The number of hydrogen-bond acceptors (Lipinski definition) is 6. The van der Waals surface area contributed by atoms with Gasteiger partial charge in [0.15, 0.2) is 0 Å². The monoisotopic (exact) mass is 410 g/mol. The maximum absolute atomic E-state index is 12.8. The van der Waals surface area contributed by atoms with Gasteiger partial charge in [0.25, 0.3) is 5.91 Å². The van der Waals surface area contributed by atoms with Gasteiger partial charge in [-0.25, -0.2) is 9.97 Å². The van der Waals surface area contributed by atoms with Crippen molar-refractivity contribution in [2.24, 2.45) is 0 Å². The van der Waals surface area contributed by atoms with Crippen LogP contribution in [0.2, 0.25) is 0 Å². The standard InChI is InChI=1S/C21H22N4OS2/c1-12(2)25(4)21(26)18-13(3)17-19(23-11-24-20(17)28-18)22-10-15-9-14-7-5-6-8-16(14)27-15/h5-9,11-12H,10H2,1-4H3,(H,22,23,24). The molecule has 4 rings (SSSR count). The van der Waals surface area contributed by atoms with E-state index in [-0.39, 0.29) is 11.9 Å². The zero-order valence-electron chi connectivity index (χ0n) is 16.3. The van der Waals surface area contributed by atoms with Gasteiger partial charge in [0.1, 0.15) is 17.0 Å². The SMILES string of the molecule is Cc1c(C(=O)N(C)C(C)C)sc2ncnc(NCc3cc4ccccc4s3)c12. The minimum absolute atomic E-state index is 0.0333. The van der Waals surface area contributed by atoms with Crippen LogP contribution in [0.4, 0.5) is 5.82 Å². The highest BCUT2D eigenvalue weighted by atomic mass is 32.1. The molecule has 4 aromatic rings. The van der Waals surface area contributed by atoms with Gasteiger partial charge in [-0.05, 0) is 43.9 Å². The molecule has 7 heteroatoms. The second kappa shape index (κ2) is 7.48. The number of aryl methyl sites for hydroxylation is 1. The summed E-state index contributed by atoms with van der Waals surface area (Å²) in [4.78, 5) is 26.3. The lowest BCUT2D eigenvalue weighted by Gasteiger charge is -2.20. The molecule has 0 bridgehead atoms. The summed E-state index contributed by atoms with van der Waals surface area (Å²) >= 11 is 3.22. The second-order valence-electron chi connectivity index (χ2n) is 7.07. The molecule has 0 spiro atoms. The van der Waals surface area contributed by atoms with E-state index >= 15 is 0 Å². The lowest BCUT2D eigenvalue weighted by molar-refractivity contribution is 0.0759. The fourth-order valence-electron chi connectivity index (χ4n) is 3.10. The Morgan fingerprint density at radius 2 is 2.00 bits per heavy atom. The average molecular weight is 411 g/mol. The Morgan fingerprint density at radius 3 is 2.75 bits per heavy atom. The van der Waals surface area contributed by atoms with E-state index in [0.717, 1.165) is 26.5 Å². The summed E-state index contributed by atoms with van der Waals surface area (Å²) in [5.41, 5.74) is 0.942. The molecule has 3 aromatic heterocycles. The van der Waals surface area contributed by atoms with Crippen LogP contribution in [-0.4, -0.2) is 33.9 Å². The molecule has 1 aromatic carbocycles. The topological polar surface area (TPSA) is 58.1 Å². The summed E-state index contributed by atoms with van der Waals surface area (Å²) < 4.78 is 1.28. The van der Waals surface area contributed by atoms with Crippen LogP contribution in [0.15, 0.2) is 36.7 Å². The molecule has 3 heterocycles. The normalized spacial score (nSPS) is 11.5. The fraction of sp³-hybridized carbons (Fsp3) is 0.286. The maximum Gasteiger partial charge on any atom is 0.264 e. The van der Waals surface area contributed by atoms with Crippen LogP contribution < -0.4 is 5.32 Å². The molecule has 28 heavy (non-hydrogen) atoms. The molecule has 1 N–H and O–H groups in total. The van der Waals surface area contributed by atoms with Crippen molar-refractivity contribution in [2.75, 3.05) is 12.4 Å². The minimum Gasteiger partial charge on any atom is -0.365 e. The third-order valence-corrected chi connectivity index (χ3v) is 7.23. The first-order chi connectivity index (χ1) is 13.5. The van der Waals surface area contributed by atoms with Crippen LogP contribution >= 0.6 is 22.7 Å². The number of aromatic nitrogens is 2. The summed E-state index contributed by atoms with van der Waals surface area (Å²) in [6.45, 7) is 6.70. The van der Waals surface area contributed by atoms with Crippen molar-refractivity contribution in [1.29, 1.82) is 0 Å². The van der Waals surface area contributed by atoms with Gasteiger partial charge in [0.2, 0.25) is 0 Å². The molecule has 0 atom stereocenters. The zero-order valence-corrected chi connectivity index (χ0v) is 17.9. The fourth-order valence-corrected chi connectivity index (χ4v) is 5.23. The van der Waals surface area contributed by atoms with Crippen LogP contribution in [0.25, 0.3) is 20.3 Å². The van der Waals surface area contributed by atoms with Gasteiger partial charge in [-0.3, -0.25) is 4.79 Å². The van der Waals surface area contributed by atoms with Gasteiger partial charge in [-0.1, -0.05) is 18.2 Å². The average Bonchev–Trinajstić information content (AvgIpc) is 3.26. The molecule has 0 fully saturated rings. The Morgan fingerprint density at radius 1 is 1.21 bits per heavy atom. The predicted octanol–water partition coefficient (Wildman–Crippen LogP) is 5.31. The molecule has 0 radical (unpaired) electrons. The van der Waals surface area contributed by atoms with E-state index in [1.807, 2.05) is 27.8 Å². The van der Waals surface area contributed by atoms with E-state index in [1.165, 1.54) is 26.3 Å². The molecule has 0 aliphatic rings. The van der Waals surface area contributed by atoms with Crippen LogP contribution in [0.5, 0.6) is 0 Å². The predicted molar refractivity (Wildman–Crippen MR) is 119 cm³/mol. The summed E-state index contributed by atoms with van der Waals surface area (Å²) in [6.07, 6.45) is 1.56. The van der Waals surface area contributed by atoms with Crippen LogP contribution in [-0.2, 0) is 6.54 Å². The summed E-state index contributed by atoms with van der Waals surface area (Å²) in [6, 6.07) is 10.7. The molecule has 0 unspecified atom stereocenters. The lowest BCUT2D eigenvalue weighted by atomic mass is 10.2. The van der Waals surface area contributed by atoms with Gasteiger partial charge in [-0.2, -0.15) is 0 Å². The highest BCUT2D eigenvalue weighted by Crippen LogP contribution is 2.34. The van der Waals surface area contributed by atoms with Crippen molar-refractivity contribution < 1.29 is 4.79 Å². The number of hydrogen-bond donors (Lipinski definition) is 1. The number of nitrogens with zero attached hydrogens (tertiary/aromatic N) is 3. The number of benzene rings is 1. The van der Waals surface area contributed by atoms with E-state index in [9.17, 15) is 4.79 Å². The summed E-state index contributed by atoms with van der Waals surface area (Å²) in [7, 11) is 1.84. The Balaban J connectivity index is 1.65. The van der Waals surface area contributed by atoms with Gasteiger partial charge in [0.05, 0.1) is 16.8 Å². The highest BCUT2D eigenvalue weighted by molar-refractivity contribution is 7.20. The molecular weight excluding hydrogens is 388 g/mol. The van der Waals surface area contributed by atoms with E-state index in [4.69, 9.17) is 0 Å². The first kappa shape index (κ1) is 18.8. The van der Waals surface area contributed by atoms with Gasteiger partial charge in [-0.15, -0.1) is 22.7 Å². The second-order valence-corrected chi connectivity index (χ2v) is 9.24. The summed E-state index contributed by atoms with van der Waals surface area (Å²) in [5, 5.41) is 5.65. The minimum atomic E-state index is 0.0333. The number of anilines is 1. The van der Waals surface area contributed by atoms with E-state index in [2.05, 4.69) is 45.6 Å². The Labute approximate surface area is 172 Å². The molecule has 0 saturated heterocycles. The first-order valence-corrected chi connectivity index (χ1v) is 10.8. The molecule has 144 valence electrons. The molecular formula is C21H22N4OS2. The van der Waals surface area contributed by atoms with Gasteiger partial charge < -0.3 is 10.2 Å². The first-order valence-electron chi connectivity index (χ1n) is 9.18. The third-order valence-electron chi connectivity index (χ3n) is 4.92. The van der Waals surface area contributed by atoms with Gasteiger partial charge in [0, 0.05) is 22.7 Å². The number of rotatable bonds is 5. The number of amides is 1. The number of fused-ring (bicyclic) bond motifs is 2. The van der Waals surface area contributed by atoms with E-state index in [1.54, 1.807) is 22.6 Å². The largest absolute Gasteiger partial charge is 0.365 e. The number of carbonyl (C=O) groups excluding carboxylic acids is 1. The Kier molecular flexibility index (Phi) is 5.03. The number of thiophene rings is 2. The van der Waals surface area contributed by atoms with Crippen molar-refractivity contribution in [3.63, 3.8) is 0 Å². The molecule has 1 amide bonds. The summed E-state index contributed by atoms with van der Waals surface area (Å²) in [5.74, 6) is 0.813. The van der Waals surface area contributed by atoms with Crippen molar-refractivity contribution in [2.45, 2.75) is 33.4 Å². The van der Waals surface area contributed by atoms with Crippen molar-refractivity contribution >= 4 is 54.7 Å². The van der Waals surface area contributed by atoms with Crippen molar-refractivity contribution in [3.8, 4) is 0 Å².